The topological polar surface area (TPSA) is 67.6 Å². The summed E-state index contributed by atoms with van der Waals surface area (Å²) < 4.78 is 5.17. The van der Waals surface area contributed by atoms with Crippen LogP contribution in [0.15, 0.2) is 0 Å². The Labute approximate surface area is 96.3 Å². The highest BCUT2D eigenvalue weighted by molar-refractivity contribution is 5.69. The molecule has 0 aliphatic carbocycles. The number of carbonyl (C=O) groups excluding carboxylic acids is 1. The van der Waals surface area contributed by atoms with E-state index >= 15 is 0 Å². The van der Waals surface area contributed by atoms with Crippen molar-refractivity contribution in [1.82, 2.24) is 10.2 Å². The first-order valence-corrected chi connectivity index (χ1v) is 6.11. The Balaban J connectivity index is 1.92. The van der Waals surface area contributed by atoms with Gasteiger partial charge in [0.2, 0.25) is 0 Å². The van der Waals surface area contributed by atoms with Crippen molar-refractivity contribution in [2.45, 2.75) is 44.4 Å². The summed E-state index contributed by atoms with van der Waals surface area (Å²) in [6.45, 7) is 4.35. The number of nitrogens with zero attached hydrogens (tertiary/aromatic N) is 1. The molecule has 3 unspecified atom stereocenters. The third-order valence-electron chi connectivity index (χ3n) is 3.63. The molecule has 0 aromatic carbocycles. The number of carbonyl (C=O) groups is 1. The second kappa shape index (κ2) is 5.01. The van der Waals surface area contributed by atoms with Crippen molar-refractivity contribution in [1.29, 1.82) is 0 Å². The summed E-state index contributed by atoms with van der Waals surface area (Å²) in [7, 11) is 0. The summed E-state index contributed by atoms with van der Waals surface area (Å²) in [4.78, 5) is 13.3. The van der Waals surface area contributed by atoms with Crippen LogP contribution in [0, 0.1) is 0 Å². The highest BCUT2D eigenvalue weighted by Crippen LogP contribution is 2.23. The zero-order valence-electron chi connectivity index (χ0n) is 9.82. The van der Waals surface area contributed by atoms with Crippen molar-refractivity contribution in [3.8, 4) is 0 Å². The molecular formula is C11H21N3O2. The normalized spacial score (nSPS) is 35.9. The lowest BCUT2D eigenvalue weighted by Gasteiger charge is -2.41. The van der Waals surface area contributed by atoms with Gasteiger partial charge >= 0.3 is 6.09 Å². The average Bonchev–Trinajstić information content (AvgIpc) is 2.67. The van der Waals surface area contributed by atoms with E-state index in [1.807, 2.05) is 0 Å². The molecule has 2 rings (SSSR count). The maximum absolute atomic E-state index is 11.0. The zero-order valence-corrected chi connectivity index (χ0v) is 9.82. The molecule has 5 nitrogen and oxygen atoms in total. The first-order chi connectivity index (χ1) is 7.70. The van der Waals surface area contributed by atoms with E-state index < -0.39 is 0 Å². The Morgan fingerprint density at radius 2 is 2.38 bits per heavy atom. The van der Waals surface area contributed by atoms with Gasteiger partial charge in [-0.25, -0.2) is 4.79 Å². The number of rotatable bonds is 3. The fraction of sp³-hybridized carbons (Fsp3) is 0.909. The molecule has 1 amide bonds. The lowest BCUT2D eigenvalue weighted by Crippen LogP contribution is -2.51. The van der Waals surface area contributed by atoms with Crippen molar-refractivity contribution < 1.29 is 9.53 Å². The van der Waals surface area contributed by atoms with E-state index in [2.05, 4.69) is 17.1 Å². The van der Waals surface area contributed by atoms with Crippen LogP contribution in [0.3, 0.4) is 0 Å². The van der Waals surface area contributed by atoms with Crippen LogP contribution in [0.1, 0.15) is 26.2 Å². The van der Waals surface area contributed by atoms with Gasteiger partial charge in [0, 0.05) is 25.2 Å². The van der Waals surface area contributed by atoms with E-state index in [0.717, 1.165) is 13.0 Å². The molecule has 2 aliphatic rings. The van der Waals surface area contributed by atoms with E-state index in [1.165, 1.54) is 12.8 Å². The molecule has 3 N–H and O–H groups in total. The van der Waals surface area contributed by atoms with Gasteiger partial charge in [-0.2, -0.15) is 0 Å². The summed E-state index contributed by atoms with van der Waals surface area (Å²) in [5.74, 6) is 0. The van der Waals surface area contributed by atoms with Crippen molar-refractivity contribution in [2.75, 3.05) is 19.6 Å². The van der Waals surface area contributed by atoms with E-state index in [9.17, 15) is 4.79 Å². The number of nitrogens with one attached hydrogen (secondary N) is 1. The molecule has 0 aromatic rings. The number of cyclic esters (lactones) is 1. The second-order valence-electron chi connectivity index (χ2n) is 4.77. The maximum Gasteiger partial charge on any atom is 0.407 e. The summed E-state index contributed by atoms with van der Waals surface area (Å²) in [6, 6.07) is 0.990. The molecule has 0 spiro atoms. The van der Waals surface area contributed by atoms with E-state index in [4.69, 9.17) is 10.5 Å². The molecule has 3 atom stereocenters. The predicted molar refractivity (Wildman–Crippen MR) is 61.1 cm³/mol. The van der Waals surface area contributed by atoms with Gasteiger partial charge in [-0.05, 0) is 19.8 Å². The van der Waals surface area contributed by atoms with E-state index in [-0.39, 0.29) is 12.2 Å². The standard InChI is InChI=1S/C11H21N3O2/c1-8-3-2-4-9(5-12)14(8)7-10-6-13-11(15)16-10/h8-10H,2-7,12H2,1H3,(H,13,15). The molecule has 0 saturated carbocycles. The number of likely N-dealkylation sites (tertiary alicyclic amines) is 1. The van der Waals surface area contributed by atoms with Crippen LogP contribution in [0.25, 0.3) is 0 Å². The predicted octanol–water partition coefficient (Wildman–Crippen LogP) is 0.297. The van der Waals surface area contributed by atoms with Gasteiger partial charge in [0.15, 0.2) is 0 Å². The minimum Gasteiger partial charge on any atom is -0.443 e. The number of ether oxygens (including phenoxy) is 1. The molecule has 16 heavy (non-hydrogen) atoms. The minimum atomic E-state index is -0.293. The Morgan fingerprint density at radius 3 is 3.00 bits per heavy atom. The van der Waals surface area contributed by atoms with Crippen LogP contribution in [0.5, 0.6) is 0 Å². The molecule has 92 valence electrons. The third-order valence-corrected chi connectivity index (χ3v) is 3.63. The van der Waals surface area contributed by atoms with Gasteiger partial charge in [-0.15, -0.1) is 0 Å². The van der Waals surface area contributed by atoms with Crippen molar-refractivity contribution >= 4 is 6.09 Å². The van der Waals surface area contributed by atoms with Crippen LogP contribution in [0.2, 0.25) is 0 Å². The fourth-order valence-electron chi connectivity index (χ4n) is 2.69. The van der Waals surface area contributed by atoms with Crippen molar-refractivity contribution in [2.24, 2.45) is 5.73 Å². The number of nitrogens with two attached hydrogens (primary N) is 1. The van der Waals surface area contributed by atoms with Gasteiger partial charge in [-0.3, -0.25) is 4.90 Å². The minimum absolute atomic E-state index is 0.0119. The fourth-order valence-corrected chi connectivity index (χ4v) is 2.69. The van der Waals surface area contributed by atoms with Gasteiger partial charge < -0.3 is 15.8 Å². The monoisotopic (exact) mass is 227 g/mol. The van der Waals surface area contributed by atoms with Crippen molar-refractivity contribution in [3.63, 3.8) is 0 Å². The van der Waals surface area contributed by atoms with E-state index in [1.54, 1.807) is 0 Å². The average molecular weight is 227 g/mol. The van der Waals surface area contributed by atoms with E-state index in [0.29, 0.717) is 25.2 Å². The van der Waals surface area contributed by atoms with Gasteiger partial charge in [0.1, 0.15) is 6.10 Å². The quantitative estimate of drug-likeness (QED) is 0.727. The first-order valence-electron chi connectivity index (χ1n) is 6.11. The lowest BCUT2D eigenvalue weighted by atomic mass is 9.96. The molecule has 2 saturated heterocycles. The first kappa shape index (κ1) is 11.7. The van der Waals surface area contributed by atoms with Crippen LogP contribution < -0.4 is 11.1 Å². The van der Waals surface area contributed by atoms with Crippen LogP contribution >= 0.6 is 0 Å². The smallest absolute Gasteiger partial charge is 0.407 e. The highest BCUT2D eigenvalue weighted by Gasteiger charge is 2.32. The van der Waals surface area contributed by atoms with Crippen LogP contribution in [-0.4, -0.2) is 48.8 Å². The van der Waals surface area contributed by atoms with Gasteiger partial charge in [0.05, 0.1) is 6.54 Å². The summed E-state index contributed by atoms with van der Waals surface area (Å²) >= 11 is 0. The molecule has 0 radical (unpaired) electrons. The number of hydrogen-bond acceptors (Lipinski definition) is 4. The molecule has 2 aliphatic heterocycles. The maximum atomic E-state index is 11.0. The largest absolute Gasteiger partial charge is 0.443 e. The summed E-state index contributed by atoms with van der Waals surface area (Å²) in [5.41, 5.74) is 5.79. The number of hydrogen-bond donors (Lipinski definition) is 2. The molecular weight excluding hydrogens is 206 g/mol. The summed E-state index contributed by atoms with van der Waals surface area (Å²) in [5, 5.41) is 2.69. The van der Waals surface area contributed by atoms with Gasteiger partial charge in [-0.1, -0.05) is 6.42 Å². The number of alkyl carbamates (subject to hydrolysis) is 1. The Kier molecular flexibility index (Phi) is 3.66. The molecule has 0 bridgehead atoms. The molecule has 5 heteroatoms. The van der Waals surface area contributed by atoms with Crippen LogP contribution in [-0.2, 0) is 4.74 Å². The SMILES string of the molecule is CC1CCCC(CN)N1CC1CNC(=O)O1. The lowest BCUT2D eigenvalue weighted by molar-refractivity contribution is 0.0451. The Morgan fingerprint density at radius 1 is 1.56 bits per heavy atom. The second-order valence-corrected chi connectivity index (χ2v) is 4.77. The highest BCUT2D eigenvalue weighted by atomic mass is 16.6. The zero-order chi connectivity index (χ0) is 11.5. The molecule has 0 aromatic heterocycles. The third kappa shape index (κ3) is 2.47. The Bertz CT molecular complexity index is 260. The summed E-state index contributed by atoms with van der Waals surface area (Å²) in [6.07, 6.45) is 3.32. The van der Waals surface area contributed by atoms with Gasteiger partial charge in [0.25, 0.3) is 0 Å². The number of piperidine rings is 1. The van der Waals surface area contributed by atoms with Crippen LogP contribution in [0.4, 0.5) is 4.79 Å². The molecule has 2 fully saturated rings. The molecule has 2 heterocycles. The number of amides is 1. The Hall–Kier alpha value is -0.810. The van der Waals surface area contributed by atoms with Crippen molar-refractivity contribution in [3.05, 3.63) is 0 Å².